The molecule has 1 amide bonds. The Morgan fingerprint density at radius 2 is 2.12 bits per heavy atom. The standard InChI is InChI=1S/C19H22FN3O3/c1-4-19(3,18(25)26)21-17(24)16-12-6-5-7-14(12)23(22-16)15-10-11(2)8-9-13(15)20/h8-10H,4-7H2,1-3H3,(H,21,24)(H,25,26). The minimum absolute atomic E-state index is 0.180. The minimum Gasteiger partial charge on any atom is -0.480 e. The molecule has 1 aliphatic carbocycles. The van der Waals surface area contributed by atoms with Crippen LogP contribution in [-0.2, 0) is 17.6 Å². The van der Waals surface area contributed by atoms with Gasteiger partial charge in [0.2, 0.25) is 0 Å². The number of rotatable bonds is 5. The van der Waals surface area contributed by atoms with Gasteiger partial charge in [-0.05, 0) is 57.2 Å². The number of amides is 1. The first-order chi connectivity index (χ1) is 12.3. The number of carbonyl (C=O) groups excluding carboxylic acids is 1. The highest BCUT2D eigenvalue weighted by Gasteiger charge is 2.36. The van der Waals surface area contributed by atoms with Crippen LogP contribution in [-0.4, -0.2) is 32.3 Å². The zero-order valence-corrected chi connectivity index (χ0v) is 15.1. The molecule has 2 N–H and O–H groups in total. The van der Waals surface area contributed by atoms with Gasteiger partial charge in [-0.1, -0.05) is 13.0 Å². The lowest BCUT2D eigenvalue weighted by Crippen LogP contribution is -2.52. The van der Waals surface area contributed by atoms with Crippen LogP contribution in [0, 0.1) is 12.7 Å². The number of halogens is 1. The summed E-state index contributed by atoms with van der Waals surface area (Å²) in [5.41, 5.74) is 1.58. The molecule has 0 fully saturated rings. The van der Waals surface area contributed by atoms with E-state index in [1.165, 1.54) is 17.7 Å². The number of carbonyl (C=O) groups is 2. The van der Waals surface area contributed by atoms with Gasteiger partial charge < -0.3 is 10.4 Å². The molecule has 1 heterocycles. The van der Waals surface area contributed by atoms with E-state index >= 15 is 0 Å². The molecule has 138 valence electrons. The summed E-state index contributed by atoms with van der Waals surface area (Å²) in [6, 6.07) is 4.75. The molecular formula is C19H22FN3O3. The Morgan fingerprint density at radius 3 is 2.77 bits per heavy atom. The molecule has 3 rings (SSSR count). The summed E-state index contributed by atoms with van der Waals surface area (Å²) in [6.07, 6.45) is 2.46. The van der Waals surface area contributed by atoms with E-state index < -0.39 is 23.2 Å². The number of aromatic nitrogens is 2. The Morgan fingerprint density at radius 1 is 1.38 bits per heavy atom. The van der Waals surface area contributed by atoms with Gasteiger partial charge in [-0.2, -0.15) is 5.10 Å². The molecule has 1 atom stereocenters. The lowest BCUT2D eigenvalue weighted by atomic mass is 9.99. The topological polar surface area (TPSA) is 84.2 Å². The van der Waals surface area contributed by atoms with Gasteiger partial charge in [0.15, 0.2) is 5.69 Å². The normalized spacial score (nSPS) is 15.4. The van der Waals surface area contributed by atoms with E-state index in [9.17, 15) is 19.1 Å². The highest BCUT2D eigenvalue weighted by atomic mass is 19.1. The van der Waals surface area contributed by atoms with E-state index in [0.717, 1.165) is 23.2 Å². The average Bonchev–Trinajstić information content (AvgIpc) is 3.19. The number of aliphatic carboxylic acids is 1. The van der Waals surface area contributed by atoms with E-state index in [0.29, 0.717) is 18.5 Å². The lowest BCUT2D eigenvalue weighted by Gasteiger charge is -2.24. The maximum absolute atomic E-state index is 14.3. The van der Waals surface area contributed by atoms with Crippen LogP contribution >= 0.6 is 0 Å². The molecule has 1 aliphatic rings. The van der Waals surface area contributed by atoms with E-state index in [1.54, 1.807) is 19.1 Å². The maximum Gasteiger partial charge on any atom is 0.329 e. The second kappa shape index (κ2) is 6.55. The number of fused-ring (bicyclic) bond motifs is 1. The van der Waals surface area contributed by atoms with Crippen LogP contribution in [0.25, 0.3) is 5.69 Å². The predicted octanol–water partition coefficient (Wildman–Crippen LogP) is 2.79. The summed E-state index contributed by atoms with van der Waals surface area (Å²) in [5.74, 6) is -2.06. The predicted molar refractivity (Wildman–Crippen MR) is 94.1 cm³/mol. The fraction of sp³-hybridized carbons (Fsp3) is 0.421. The van der Waals surface area contributed by atoms with Crippen LogP contribution in [0.4, 0.5) is 4.39 Å². The van der Waals surface area contributed by atoms with Crippen molar-refractivity contribution in [3.8, 4) is 5.69 Å². The Kier molecular flexibility index (Phi) is 4.56. The van der Waals surface area contributed by atoms with Gasteiger partial charge in [0.05, 0.1) is 0 Å². The number of benzene rings is 1. The second-order valence-corrected chi connectivity index (χ2v) is 6.94. The highest BCUT2D eigenvalue weighted by Crippen LogP contribution is 2.29. The average molecular weight is 359 g/mol. The summed E-state index contributed by atoms with van der Waals surface area (Å²) in [6.45, 7) is 5.02. The largest absolute Gasteiger partial charge is 0.480 e. The zero-order valence-electron chi connectivity index (χ0n) is 15.1. The van der Waals surface area contributed by atoms with Crippen molar-refractivity contribution in [3.05, 3.63) is 46.5 Å². The number of aryl methyl sites for hydroxylation is 1. The van der Waals surface area contributed by atoms with Crippen molar-refractivity contribution in [2.75, 3.05) is 0 Å². The van der Waals surface area contributed by atoms with Crippen molar-refractivity contribution < 1.29 is 19.1 Å². The fourth-order valence-electron chi connectivity index (χ4n) is 3.21. The van der Waals surface area contributed by atoms with E-state index in [2.05, 4.69) is 10.4 Å². The molecule has 0 saturated carbocycles. The quantitative estimate of drug-likeness (QED) is 0.860. The Balaban J connectivity index is 2.04. The molecule has 1 aromatic heterocycles. The fourth-order valence-corrected chi connectivity index (χ4v) is 3.21. The van der Waals surface area contributed by atoms with Gasteiger partial charge in [-0.25, -0.2) is 13.9 Å². The minimum atomic E-state index is -1.37. The lowest BCUT2D eigenvalue weighted by molar-refractivity contribution is -0.143. The van der Waals surface area contributed by atoms with E-state index in [1.807, 2.05) is 6.92 Å². The van der Waals surface area contributed by atoms with Crippen molar-refractivity contribution in [3.63, 3.8) is 0 Å². The second-order valence-electron chi connectivity index (χ2n) is 6.94. The van der Waals surface area contributed by atoms with Gasteiger partial charge in [-0.15, -0.1) is 0 Å². The summed E-state index contributed by atoms with van der Waals surface area (Å²) < 4.78 is 15.8. The number of hydrogen-bond acceptors (Lipinski definition) is 3. The highest BCUT2D eigenvalue weighted by molar-refractivity contribution is 5.97. The summed E-state index contributed by atoms with van der Waals surface area (Å²) >= 11 is 0. The smallest absolute Gasteiger partial charge is 0.329 e. The van der Waals surface area contributed by atoms with Crippen molar-refractivity contribution in [2.24, 2.45) is 0 Å². The molecule has 0 radical (unpaired) electrons. The van der Waals surface area contributed by atoms with Crippen molar-refractivity contribution in [2.45, 2.75) is 52.0 Å². The van der Waals surface area contributed by atoms with Gasteiger partial charge >= 0.3 is 5.97 Å². The monoisotopic (exact) mass is 359 g/mol. The summed E-state index contributed by atoms with van der Waals surface area (Å²) in [7, 11) is 0. The number of carboxylic acid groups (broad SMARTS) is 1. The van der Waals surface area contributed by atoms with E-state index in [4.69, 9.17) is 0 Å². The first-order valence-electron chi connectivity index (χ1n) is 8.70. The number of nitrogens with zero attached hydrogens (tertiary/aromatic N) is 2. The molecule has 2 aromatic rings. The SMILES string of the molecule is CCC(C)(NC(=O)c1nn(-c2cc(C)ccc2F)c2c1CCC2)C(=O)O. The van der Waals surface area contributed by atoms with Gasteiger partial charge in [0, 0.05) is 11.3 Å². The van der Waals surface area contributed by atoms with Crippen LogP contribution in [0.1, 0.15) is 54.0 Å². The summed E-state index contributed by atoms with van der Waals surface area (Å²) in [5, 5.41) is 16.3. The molecular weight excluding hydrogens is 337 g/mol. The van der Waals surface area contributed by atoms with Crippen LogP contribution < -0.4 is 5.32 Å². The van der Waals surface area contributed by atoms with Crippen molar-refractivity contribution in [1.82, 2.24) is 15.1 Å². The molecule has 0 aliphatic heterocycles. The molecule has 26 heavy (non-hydrogen) atoms. The molecule has 6 nitrogen and oxygen atoms in total. The molecule has 1 aromatic carbocycles. The third-order valence-corrected chi connectivity index (χ3v) is 5.04. The van der Waals surface area contributed by atoms with Crippen LogP contribution in [0.5, 0.6) is 0 Å². The third-order valence-electron chi connectivity index (χ3n) is 5.04. The maximum atomic E-state index is 14.3. The van der Waals surface area contributed by atoms with Crippen LogP contribution in [0.2, 0.25) is 0 Å². The van der Waals surface area contributed by atoms with Gasteiger partial charge in [-0.3, -0.25) is 4.79 Å². The molecule has 0 saturated heterocycles. The molecule has 7 heteroatoms. The first-order valence-corrected chi connectivity index (χ1v) is 8.70. The number of nitrogens with one attached hydrogen (secondary N) is 1. The Bertz CT molecular complexity index is 890. The van der Waals surface area contributed by atoms with Crippen LogP contribution in [0.3, 0.4) is 0 Å². The Labute approximate surface area is 151 Å². The van der Waals surface area contributed by atoms with Gasteiger partial charge in [0.1, 0.15) is 17.0 Å². The number of hydrogen-bond donors (Lipinski definition) is 2. The van der Waals surface area contributed by atoms with Gasteiger partial charge in [0.25, 0.3) is 5.91 Å². The molecule has 0 bridgehead atoms. The van der Waals surface area contributed by atoms with E-state index in [-0.39, 0.29) is 12.1 Å². The number of carboxylic acids is 1. The van der Waals surface area contributed by atoms with Crippen LogP contribution in [0.15, 0.2) is 18.2 Å². The molecule has 0 spiro atoms. The Hall–Kier alpha value is -2.70. The summed E-state index contributed by atoms with van der Waals surface area (Å²) in [4.78, 5) is 24.2. The van der Waals surface area contributed by atoms with Crippen molar-refractivity contribution in [1.29, 1.82) is 0 Å². The zero-order chi connectivity index (χ0) is 19.1. The van der Waals surface area contributed by atoms with Crippen molar-refractivity contribution >= 4 is 11.9 Å². The third kappa shape index (κ3) is 2.98. The molecule has 1 unspecified atom stereocenters. The first kappa shape index (κ1) is 18.1.